The van der Waals surface area contributed by atoms with Crippen molar-refractivity contribution in [3.05, 3.63) is 40.0 Å². The highest BCUT2D eigenvalue weighted by atomic mass is 32.1. The molecule has 1 aliphatic rings. The molecule has 3 rings (SSSR count). The first kappa shape index (κ1) is 15.4. The third-order valence-electron chi connectivity index (χ3n) is 3.83. The Morgan fingerprint density at radius 1 is 1.27 bits per heavy atom. The molecule has 0 aliphatic carbocycles. The molecule has 0 saturated carbocycles. The van der Waals surface area contributed by atoms with E-state index in [2.05, 4.69) is 48.2 Å². The largest absolute Gasteiger partial charge is 0.367 e. The molecule has 3 heterocycles. The van der Waals surface area contributed by atoms with Gasteiger partial charge in [0.1, 0.15) is 16.9 Å². The van der Waals surface area contributed by atoms with Crippen LogP contribution in [-0.2, 0) is 10.2 Å². The maximum absolute atomic E-state index is 5.95. The van der Waals surface area contributed by atoms with E-state index in [-0.39, 0.29) is 11.5 Å². The molecule has 118 valence electrons. The molecule has 5 heteroatoms. The summed E-state index contributed by atoms with van der Waals surface area (Å²) in [4.78, 5) is 11.7. The Morgan fingerprint density at radius 3 is 2.77 bits per heavy atom. The van der Waals surface area contributed by atoms with Crippen LogP contribution in [0.1, 0.15) is 43.3 Å². The molecule has 2 aromatic rings. The van der Waals surface area contributed by atoms with Crippen LogP contribution in [0, 0.1) is 6.92 Å². The summed E-state index contributed by atoms with van der Waals surface area (Å²) in [5.41, 5.74) is 2.27. The van der Waals surface area contributed by atoms with Crippen LogP contribution in [0.3, 0.4) is 0 Å². The van der Waals surface area contributed by atoms with Crippen molar-refractivity contribution in [1.29, 1.82) is 0 Å². The van der Waals surface area contributed by atoms with Crippen LogP contribution in [-0.4, -0.2) is 29.7 Å². The van der Waals surface area contributed by atoms with Gasteiger partial charge in [0, 0.05) is 23.0 Å². The van der Waals surface area contributed by atoms with Crippen molar-refractivity contribution in [2.75, 3.05) is 24.6 Å². The van der Waals surface area contributed by atoms with Crippen molar-refractivity contribution >= 4 is 17.2 Å². The molecule has 1 atom stereocenters. The maximum atomic E-state index is 5.95. The molecule has 1 fully saturated rings. The second kappa shape index (κ2) is 5.97. The van der Waals surface area contributed by atoms with Gasteiger partial charge >= 0.3 is 0 Å². The van der Waals surface area contributed by atoms with Gasteiger partial charge in [0.15, 0.2) is 0 Å². The zero-order chi connectivity index (χ0) is 15.7. The lowest BCUT2D eigenvalue weighted by molar-refractivity contribution is 0.0392. The average molecular weight is 317 g/mol. The molecule has 0 spiro atoms. The summed E-state index contributed by atoms with van der Waals surface area (Å²) in [7, 11) is 0. The molecule has 0 amide bonds. The van der Waals surface area contributed by atoms with Crippen LogP contribution in [0.15, 0.2) is 23.6 Å². The first-order chi connectivity index (χ1) is 10.4. The molecule has 1 saturated heterocycles. The zero-order valence-electron chi connectivity index (χ0n) is 13.7. The van der Waals surface area contributed by atoms with Gasteiger partial charge in [-0.05, 0) is 19.1 Å². The van der Waals surface area contributed by atoms with Gasteiger partial charge in [-0.15, -0.1) is 11.3 Å². The van der Waals surface area contributed by atoms with Gasteiger partial charge < -0.3 is 9.64 Å². The number of thiazole rings is 1. The predicted molar refractivity (Wildman–Crippen MR) is 90.7 cm³/mol. The van der Waals surface area contributed by atoms with E-state index in [4.69, 9.17) is 9.72 Å². The van der Waals surface area contributed by atoms with Crippen molar-refractivity contribution in [3.8, 4) is 0 Å². The van der Waals surface area contributed by atoms with Crippen molar-refractivity contribution in [1.82, 2.24) is 9.97 Å². The minimum absolute atomic E-state index is 0.0390. The zero-order valence-corrected chi connectivity index (χ0v) is 14.5. The molecule has 1 unspecified atom stereocenters. The van der Waals surface area contributed by atoms with Crippen LogP contribution in [0.2, 0.25) is 0 Å². The lowest BCUT2D eigenvalue weighted by atomic mass is 9.93. The minimum atomic E-state index is 0.0390. The van der Waals surface area contributed by atoms with E-state index in [1.54, 1.807) is 11.3 Å². The van der Waals surface area contributed by atoms with E-state index in [0.717, 1.165) is 35.3 Å². The van der Waals surface area contributed by atoms with Gasteiger partial charge in [-0.2, -0.15) is 0 Å². The number of pyridine rings is 1. The number of hydrogen-bond acceptors (Lipinski definition) is 5. The van der Waals surface area contributed by atoms with Crippen molar-refractivity contribution in [2.45, 2.75) is 39.2 Å². The number of nitrogens with zero attached hydrogens (tertiary/aromatic N) is 3. The Kier molecular flexibility index (Phi) is 4.19. The molecule has 4 nitrogen and oxygen atoms in total. The van der Waals surface area contributed by atoms with Crippen LogP contribution in [0.25, 0.3) is 0 Å². The number of ether oxygens (including phenoxy) is 1. The predicted octanol–water partition coefficient (Wildman–Crippen LogP) is 3.72. The van der Waals surface area contributed by atoms with Crippen LogP contribution in [0.4, 0.5) is 5.82 Å². The summed E-state index contributed by atoms with van der Waals surface area (Å²) in [5.74, 6) is 1.03. The Labute approximate surface area is 136 Å². The lowest BCUT2D eigenvalue weighted by Gasteiger charge is -2.33. The fraction of sp³-hybridized carbons (Fsp3) is 0.529. The highest BCUT2D eigenvalue weighted by molar-refractivity contribution is 7.09. The summed E-state index contributed by atoms with van der Waals surface area (Å²) in [6.45, 7) is 11.0. The normalized spacial score (nSPS) is 19.5. The topological polar surface area (TPSA) is 38.2 Å². The van der Waals surface area contributed by atoms with Crippen molar-refractivity contribution in [2.24, 2.45) is 0 Å². The Bertz CT molecular complexity index is 647. The summed E-state index contributed by atoms with van der Waals surface area (Å²) in [5, 5.41) is 3.23. The monoisotopic (exact) mass is 317 g/mol. The van der Waals surface area contributed by atoms with Crippen LogP contribution >= 0.6 is 11.3 Å². The van der Waals surface area contributed by atoms with Crippen molar-refractivity contribution < 1.29 is 4.74 Å². The minimum Gasteiger partial charge on any atom is -0.367 e. The summed E-state index contributed by atoms with van der Waals surface area (Å²) < 4.78 is 5.95. The maximum Gasteiger partial charge on any atom is 0.128 e. The van der Waals surface area contributed by atoms with E-state index in [9.17, 15) is 0 Å². The van der Waals surface area contributed by atoms with Gasteiger partial charge in [-0.25, -0.2) is 9.97 Å². The second-order valence-corrected chi connectivity index (χ2v) is 7.65. The number of rotatable bonds is 2. The molecule has 0 aromatic carbocycles. The van der Waals surface area contributed by atoms with Gasteiger partial charge in [0.05, 0.1) is 18.8 Å². The molecular weight excluding hydrogens is 294 g/mol. The molecule has 0 radical (unpaired) electrons. The molecule has 2 aromatic heterocycles. The summed E-state index contributed by atoms with van der Waals surface area (Å²) >= 11 is 1.70. The summed E-state index contributed by atoms with van der Waals surface area (Å²) in [6.07, 6.45) is 0.0390. The number of morpholine rings is 1. The van der Waals surface area contributed by atoms with Gasteiger partial charge in [-0.1, -0.05) is 26.8 Å². The quantitative estimate of drug-likeness (QED) is 0.846. The highest BCUT2D eigenvalue weighted by Gasteiger charge is 2.27. The second-order valence-electron chi connectivity index (χ2n) is 6.76. The Balaban J connectivity index is 1.77. The molecular formula is C17H23N3OS. The third-order valence-corrected chi connectivity index (χ3v) is 4.77. The number of anilines is 1. The summed E-state index contributed by atoms with van der Waals surface area (Å²) in [6, 6.07) is 6.15. The lowest BCUT2D eigenvalue weighted by Crippen LogP contribution is -2.38. The number of aromatic nitrogens is 2. The van der Waals surface area contributed by atoms with Gasteiger partial charge in [0.2, 0.25) is 0 Å². The Hall–Kier alpha value is -1.46. The molecule has 1 aliphatic heterocycles. The van der Waals surface area contributed by atoms with E-state index in [1.165, 1.54) is 0 Å². The van der Waals surface area contributed by atoms with Crippen LogP contribution < -0.4 is 4.90 Å². The average Bonchev–Trinajstić information content (AvgIpc) is 2.97. The first-order valence-corrected chi connectivity index (χ1v) is 8.57. The number of hydrogen-bond donors (Lipinski definition) is 0. The van der Waals surface area contributed by atoms with E-state index >= 15 is 0 Å². The van der Waals surface area contributed by atoms with E-state index < -0.39 is 0 Å². The number of aryl methyl sites for hydroxylation is 1. The SMILES string of the molecule is Cc1cccc(N2CCOC(c3nc(C(C)(C)C)cs3)C2)n1. The van der Waals surface area contributed by atoms with E-state index in [0.29, 0.717) is 6.61 Å². The highest BCUT2D eigenvalue weighted by Crippen LogP contribution is 2.31. The molecule has 22 heavy (non-hydrogen) atoms. The smallest absolute Gasteiger partial charge is 0.128 e. The molecule has 0 bridgehead atoms. The van der Waals surface area contributed by atoms with Crippen molar-refractivity contribution in [3.63, 3.8) is 0 Å². The fourth-order valence-electron chi connectivity index (χ4n) is 2.49. The fourth-order valence-corrected chi connectivity index (χ4v) is 3.58. The Morgan fingerprint density at radius 2 is 2.09 bits per heavy atom. The first-order valence-electron chi connectivity index (χ1n) is 7.69. The standard InChI is InChI=1S/C17H23N3OS/c1-12-6-5-7-15(18-12)20-8-9-21-13(10-20)16-19-14(11-22-16)17(2,3)4/h5-7,11,13H,8-10H2,1-4H3. The van der Waals surface area contributed by atoms with E-state index in [1.807, 2.05) is 13.0 Å². The third kappa shape index (κ3) is 3.31. The van der Waals surface area contributed by atoms with Gasteiger partial charge in [-0.3, -0.25) is 0 Å². The molecule has 0 N–H and O–H groups in total. The van der Waals surface area contributed by atoms with Gasteiger partial charge in [0.25, 0.3) is 0 Å². The van der Waals surface area contributed by atoms with Crippen LogP contribution in [0.5, 0.6) is 0 Å².